The maximum Gasteiger partial charge on any atom is 0.0416 e. The fraction of sp³-hybridized carbons (Fsp3) is 0.472. The number of nitrogens with one attached hydrogen (secondary N) is 1. The van der Waals surface area contributed by atoms with Crippen LogP contribution in [0.4, 0.5) is 0 Å². The second-order valence-electron chi connectivity index (χ2n) is 10.7. The van der Waals surface area contributed by atoms with E-state index in [9.17, 15) is 0 Å². The van der Waals surface area contributed by atoms with Gasteiger partial charge in [0.1, 0.15) is 0 Å². The lowest BCUT2D eigenvalue weighted by atomic mass is 9.86. The van der Waals surface area contributed by atoms with Gasteiger partial charge in [-0.1, -0.05) is 114 Å². The SMILES string of the molecule is C=C/C=C(\C=C/C(C)NC(=C)C(C)(C)CC)CCC/C(C=C=CCC1=CC=CC(CCCC)C=C1)=C/C. The average molecular weight is 500 g/mol. The third-order valence-corrected chi connectivity index (χ3v) is 7.18. The Balaban J connectivity index is 2.56. The van der Waals surface area contributed by atoms with Crippen LogP contribution in [0.5, 0.6) is 0 Å². The van der Waals surface area contributed by atoms with E-state index in [4.69, 9.17) is 0 Å². The molecule has 2 unspecified atom stereocenters. The molecule has 0 saturated heterocycles. The Kier molecular flexibility index (Phi) is 16.1. The molecule has 0 aromatic rings. The van der Waals surface area contributed by atoms with Crippen molar-refractivity contribution in [3.8, 4) is 0 Å². The lowest BCUT2D eigenvalue weighted by Crippen LogP contribution is -2.31. The molecular weight excluding hydrogens is 446 g/mol. The summed E-state index contributed by atoms with van der Waals surface area (Å²) in [5.74, 6) is 0.574. The molecule has 0 spiro atoms. The fourth-order valence-corrected chi connectivity index (χ4v) is 3.97. The van der Waals surface area contributed by atoms with Crippen LogP contribution in [0.3, 0.4) is 0 Å². The Labute approximate surface area is 229 Å². The smallest absolute Gasteiger partial charge is 0.0416 e. The Morgan fingerprint density at radius 1 is 1.16 bits per heavy atom. The quantitative estimate of drug-likeness (QED) is 0.155. The molecule has 0 heterocycles. The van der Waals surface area contributed by atoms with Gasteiger partial charge in [-0.2, -0.15) is 0 Å². The Hall–Kier alpha value is -2.76. The van der Waals surface area contributed by atoms with Crippen LogP contribution in [0, 0.1) is 11.3 Å². The molecule has 1 heteroatoms. The minimum Gasteiger partial charge on any atom is -0.382 e. The molecule has 0 bridgehead atoms. The predicted octanol–water partition coefficient (Wildman–Crippen LogP) is 10.7. The molecule has 202 valence electrons. The van der Waals surface area contributed by atoms with E-state index in [0.717, 1.165) is 37.8 Å². The minimum atomic E-state index is 0.102. The van der Waals surface area contributed by atoms with Crippen molar-refractivity contribution in [3.63, 3.8) is 0 Å². The van der Waals surface area contributed by atoms with Crippen LogP contribution in [0.1, 0.15) is 92.9 Å². The molecule has 0 aromatic heterocycles. The summed E-state index contributed by atoms with van der Waals surface area (Å²) in [5, 5.41) is 3.55. The van der Waals surface area contributed by atoms with Crippen molar-refractivity contribution in [1.29, 1.82) is 0 Å². The van der Waals surface area contributed by atoms with Crippen LogP contribution >= 0.6 is 0 Å². The summed E-state index contributed by atoms with van der Waals surface area (Å²) in [6.07, 6.45) is 35.3. The van der Waals surface area contributed by atoms with Crippen molar-refractivity contribution in [2.45, 2.75) is 99.0 Å². The predicted molar refractivity (Wildman–Crippen MR) is 167 cm³/mol. The molecular formula is C36H53N. The summed E-state index contributed by atoms with van der Waals surface area (Å²) in [7, 11) is 0. The molecule has 0 radical (unpaired) electrons. The molecule has 0 amide bonds. The van der Waals surface area contributed by atoms with Crippen LogP contribution in [0.2, 0.25) is 0 Å². The van der Waals surface area contributed by atoms with Crippen molar-refractivity contribution in [2.24, 2.45) is 11.3 Å². The minimum absolute atomic E-state index is 0.102. The third-order valence-electron chi connectivity index (χ3n) is 7.18. The Morgan fingerprint density at radius 3 is 2.59 bits per heavy atom. The van der Waals surface area contributed by atoms with Crippen molar-refractivity contribution in [1.82, 2.24) is 5.32 Å². The second kappa shape index (κ2) is 18.5. The highest BCUT2D eigenvalue weighted by Crippen LogP contribution is 2.27. The van der Waals surface area contributed by atoms with Crippen molar-refractivity contribution >= 4 is 0 Å². The molecule has 0 aromatic carbocycles. The Morgan fingerprint density at radius 2 is 1.92 bits per heavy atom. The molecule has 1 aliphatic carbocycles. The maximum absolute atomic E-state index is 4.25. The normalized spacial score (nSPS) is 17.1. The first-order valence-corrected chi connectivity index (χ1v) is 14.3. The number of hydrogen-bond donors (Lipinski definition) is 1. The van der Waals surface area contributed by atoms with Crippen LogP contribution in [0.25, 0.3) is 0 Å². The van der Waals surface area contributed by atoms with Gasteiger partial charge in [0.05, 0.1) is 0 Å². The van der Waals surface area contributed by atoms with Gasteiger partial charge in [-0.05, 0) is 87.2 Å². The molecule has 0 aliphatic heterocycles. The van der Waals surface area contributed by atoms with E-state index in [0.29, 0.717) is 5.92 Å². The van der Waals surface area contributed by atoms with Crippen LogP contribution < -0.4 is 5.32 Å². The van der Waals surface area contributed by atoms with Gasteiger partial charge in [-0.25, -0.2) is 0 Å². The van der Waals surface area contributed by atoms with E-state index in [2.05, 4.69) is 133 Å². The first kappa shape index (κ1) is 32.3. The first-order chi connectivity index (χ1) is 17.7. The second-order valence-corrected chi connectivity index (χ2v) is 10.7. The maximum atomic E-state index is 4.25. The van der Waals surface area contributed by atoms with Crippen LogP contribution in [-0.2, 0) is 0 Å². The fourth-order valence-electron chi connectivity index (χ4n) is 3.97. The number of unbranched alkanes of at least 4 members (excludes halogenated alkanes) is 1. The largest absolute Gasteiger partial charge is 0.382 e. The number of rotatable bonds is 17. The zero-order chi connectivity index (χ0) is 27.5. The summed E-state index contributed by atoms with van der Waals surface area (Å²) < 4.78 is 0. The molecule has 2 atom stereocenters. The van der Waals surface area contributed by atoms with E-state index in [1.165, 1.54) is 36.0 Å². The zero-order valence-corrected chi connectivity index (χ0v) is 24.7. The molecule has 37 heavy (non-hydrogen) atoms. The molecule has 1 rings (SSSR count). The number of allylic oxidation sites excluding steroid dienone is 14. The van der Waals surface area contributed by atoms with E-state index >= 15 is 0 Å². The molecule has 1 N–H and O–H groups in total. The molecule has 0 saturated carbocycles. The van der Waals surface area contributed by atoms with Crippen molar-refractivity contribution in [2.75, 3.05) is 0 Å². The van der Waals surface area contributed by atoms with Gasteiger partial charge in [0, 0.05) is 17.2 Å². The summed E-state index contributed by atoms with van der Waals surface area (Å²) in [5.41, 5.74) is 8.58. The topological polar surface area (TPSA) is 12.0 Å². The summed E-state index contributed by atoms with van der Waals surface area (Å²) in [4.78, 5) is 0. The third kappa shape index (κ3) is 13.9. The van der Waals surface area contributed by atoms with Gasteiger partial charge >= 0.3 is 0 Å². The van der Waals surface area contributed by atoms with Gasteiger partial charge in [0.2, 0.25) is 0 Å². The van der Waals surface area contributed by atoms with E-state index in [-0.39, 0.29) is 11.5 Å². The summed E-state index contributed by atoms with van der Waals surface area (Å²) in [6.45, 7) is 21.4. The zero-order valence-electron chi connectivity index (χ0n) is 24.7. The van der Waals surface area contributed by atoms with E-state index < -0.39 is 0 Å². The van der Waals surface area contributed by atoms with Crippen LogP contribution in [0.15, 0.2) is 114 Å². The highest BCUT2D eigenvalue weighted by Gasteiger charge is 2.19. The van der Waals surface area contributed by atoms with Gasteiger partial charge in [-0.3, -0.25) is 0 Å². The summed E-state index contributed by atoms with van der Waals surface area (Å²) >= 11 is 0. The van der Waals surface area contributed by atoms with E-state index in [1.807, 2.05) is 6.08 Å². The monoisotopic (exact) mass is 499 g/mol. The van der Waals surface area contributed by atoms with Gasteiger partial charge < -0.3 is 5.32 Å². The highest BCUT2D eigenvalue weighted by atomic mass is 14.9. The first-order valence-electron chi connectivity index (χ1n) is 14.3. The lowest BCUT2D eigenvalue weighted by Gasteiger charge is -2.28. The average Bonchev–Trinajstić information content (AvgIpc) is 3.12. The van der Waals surface area contributed by atoms with Crippen molar-refractivity contribution in [3.05, 3.63) is 114 Å². The molecule has 1 nitrogen and oxygen atoms in total. The number of hydrogen-bond acceptors (Lipinski definition) is 1. The highest BCUT2D eigenvalue weighted by molar-refractivity contribution is 5.31. The lowest BCUT2D eigenvalue weighted by molar-refractivity contribution is 0.393. The standard InChI is InChI=1S/C36H53N/c1-9-13-19-34-24-17-25-35(29-28-34)21-15-14-20-32(11-3)22-16-23-33(18-10-2)27-26-30(5)37-31(6)36(7,8)12-4/h10-11,15,17-18,20,24-30,34,37H,2,6,9,12-13,16,19,21-23H2,1,3-5,7-8H3/b27-26-,32-11+,33-18-. The van der Waals surface area contributed by atoms with Gasteiger partial charge in [0.15, 0.2) is 0 Å². The van der Waals surface area contributed by atoms with E-state index in [1.54, 1.807) is 0 Å². The van der Waals surface area contributed by atoms with Crippen molar-refractivity contribution < 1.29 is 0 Å². The van der Waals surface area contributed by atoms with Gasteiger partial charge in [-0.15, -0.1) is 5.73 Å². The molecule has 0 fully saturated rings. The van der Waals surface area contributed by atoms with Gasteiger partial charge in [0.25, 0.3) is 0 Å². The Bertz CT molecular complexity index is 951. The molecule has 1 aliphatic rings. The van der Waals surface area contributed by atoms with Crippen LogP contribution in [-0.4, -0.2) is 6.04 Å². The summed E-state index contributed by atoms with van der Waals surface area (Å²) in [6, 6.07) is 0.238.